The van der Waals surface area contributed by atoms with Crippen LogP contribution in [0.3, 0.4) is 0 Å². The van der Waals surface area contributed by atoms with Crippen LogP contribution in [-0.2, 0) is 6.54 Å². The third-order valence-electron chi connectivity index (χ3n) is 4.61. The van der Waals surface area contributed by atoms with Gasteiger partial charge in [0.05, 0.1) is 30.5 Å². The first-order valence-corrected chi connectivity index (χ1v) is 10.2. The van der Waals surface area contributed by atoms with Crippen LogP contribution in [0.15, 0.2) is 48.5 Å². The predicted molar refractivity (Wildman–Crippen MR) is 116 cm³/mol. The molecule has 0 bridgehead atoms. The summed E-state index contributed by atoms with van der Waals surface area (Å²) < 4.78 is 7.05. The lowest BCUT2D eigenvalue weighted by atomic mass is 10.1. The Balaban J connectivity index is 1.75. The van der Waals surface area contributed by atoms with Crippen molar-refractivity contribution in [3.05, 3.63) is 81.1 Å². The summed E-state index contributed by atoms with van der Waals surface area (Å²) in [6.45, 7) is 6.63. The van der Waals surface area contributed by atoms with Gasteiger partial charge in [-0.15, -0.1) is 0 Å². The van der Waals surface area contributed by atoms with Gasteiger partial charge >= 0.3 is 0 Å². The van der Waals surface area contributed by atoms with Crippen molar-refractivity contribution in [2.45, 2.75) is 33.4 Å². The van der Waals surface area contributed by atoms with Crippen LogP contribution >= 0.6 is 23.2 Å². The summed E-state index contributed by atoms with van der Waals surface area (Å²) in [4.78, 5) is 12.9. The fourth-order valence-electron chi connectivity index (χ4n) is 3.08. The van der Waals surface area contributed by atoms with E-state index in [0.717, 1.165) is 16.9 Å². The molecule has 0 aliphatic heterocycles. The van der Waals surface area contributed by atoms with E-state index >= 15 is 0 Å². The Kier molecular flexibility index (Phi) is 6.83. The first-order valence-electron chi connectivity index (χ1n) is 9.40. The molecular weight excluding hydrogens is 409 g/mol. The standard InChI is InChI=1S/C22H23Cl2N3O2/c1-4-29-18-11-9-16(10-12-18)14(2)25-22(28)20-15(3)26-27(21(20)24)13-17-7-5-6-8-19(17)23/h5-12,14H,4,13H2,1-3H3,(H,25,28). The average Bonchev–Trinajstić information content (AvgIpc) is 2.97. The first kappa shape index (κ1) is 21.2. The number of nitrogens with zero attached hydrogens (tertiary/aromatic N) is 2. The molecule has 3 aromatic rings. The van der Waals surface area contributed by atoms with Crippen molar-refractivity contribution in [3.8, 4) is 5.75 Å². The Morgan fingerprint density at radius 1 is 1.17 bits per heavy atom. The van der Waals surface area contributed by atoms with Crippen molar-refractivity contribution >= 4 is 29.1 Å². The highest BCUT2D eigenvalue weighted by molar-refractivity contribution is 6.33. The van der Waals surface area contributed by atoms with Gasteiger partial charge in [0.15, 0.2) is 0 Å². The van der Waals surface area contributed by atoms with Gasteiger partial charge in [-0.3, -0.25) is 4.79 Å². The Hall–Kier alpha value is -2.50. The van der Waals surface area contributed by atoms with Gasteiger partial charge in [-0.05, 0) is 50.1 Å². The van der Waals surface area contributed by atoms with Gasteiger partial charge in [-0.25, -0.2) is 4.68 Å². The highest BCUT2D eigenvalue weighted by Gasteiger charge is 2.22. The van der Waals surface area contributed by atoms with E-state index in [1.165, 1.54) is 0 Å². The second-order valence-corrected chi connectivity index (χ2v) is 7.46. The molecule has 1 amide bonds. The minimum absolute atomic E-state index is 0.194. The second kappa shape index (κ2) is 9.33. The molecular formula is C22H23Cl2N3O2. The molecule has 152 valence electrons. The number of rotatable bonds is 7. The zero-order valence-electron chi connectivity index (χ0n) is 16.6. The van der Waals surface area contributed by atoms with Crippen molar-refractivity contribution in [1.29, 1.82) is 0 Å². The van der Waals surface area contributed by atoms with E-state index < -0.39 is 0 Å². The summed E-state index contributed by atoms with van der Waals surface area (Å²) in [6.07, 6.45) is 0. The van der Waals surface area contributed by atoms with E-state index in [-0.39, 0.29) is 11.9 Å². The zero-order chi connectivity index (χ0) is 21.0. The van der Waals surface area contributed by atoms with Gasteiger partial charge in [-0.1, -0.05) is 53.5 Å². The van der Waals surface area contributed by atoms with Gasteiger partial charge < -0.3 is 10.1 Å². The summed E-state index contributed by atoms with van der Waals surface area (Å²) in [5.41, 5.74) is 2.79. The highest BCUT2D eigenvalue weighted by atomic mass is 35.5. The number of halogens is 2. The number of nitrogens with one attached hydrogen (secondary N) is 1. The molecule has 5 nitrogen and oxygen atoms in total. The zero-order valence-corrected chi connectivity index (χ0v) is 18.1. The first-order chi connectivity index (χ1) is 13.9. The average molecular weight is 432 g/mol. The lowest BCUT2D eigenvalue weighted by Gasteiger charge is -2.15. The molecule has 0 saturated carbocycles. The maximum absolute atomic E-state index is 12.9. The molecule has 3 rings (SSSR count). The number of aryl methyl sites for hydroxylation is 1. The fraction of sp³-hybridized carbons (Fsp3) is 0.273. The van der Waals surface area contributed by atoms with Gasteiger partial charge in [-0.2, -0.15) is 5.10 Å². The minimum Gasteiger partial charge on any atom is -0.494 e. The molecule has 7 heteroatoms. The lowest BCUT2D eigenvalue weighted by Crippen LogP contribution is -2.27. The summed E-state index contributed by atoms with van der Waals surface area (Å²) in [5.74, 6) is 0.536. The molecule has 0 aliphatic carbocycles. The fourth-order valence-corrected chi connectivity index (χ4v) is 3.59. The van der Waals surface area contributed by atoms with Crippen molar-refractivity contribution in [2.24, 2.45) is 0 Å². The smallest absolute Gasteiger partial charge is 0.256 e. The van der Waals surface area contributed by atoms with Crippen LogP contribution in [0.4, 0.5) is 0 Å². The van der Waals surface area contributed by atoms with Crippen LogP contribution in [0.25, 0.3) is 0 Å². The Bertz CT molecular complexity index is 1000. The maximum atomic E-state index is 12.9. The van der Waals surface area contributed by atoms with Crippen LogP contribution in [0.1, 0.15) is 47.1 Å². The third kappa shape index (κ3) is 4.92. The van der Waals surface area contributed by atoms with E-state index in [2.05, 4.69) is 10.4 Å². The van der Waals surface area contributed by atoms with Gasteiger partial charge in [0.25, 0.3) is 5.91 Å². The number of hydrogen-bond acceptors (Lipinski definition) is 3. The molecule has 1 heterocycles. The normalized spacial score (nSPS) is 11.9. The number of hydrogen-bond donors (Lipinski definition) is 1. The monoisotopic (exact) mass is 431 g/mol. The van der Waals surface area contributed by atoms with E-state index in [1.807, 2.05) is 62.4 Å². The molecule has 0 spiro atoms. The van der Waals surface area contributed by atoms with Crippen LogP contribution in [0, 0.1) is 6.92 Å². The molecule has 1 aromatic heterocycles. The largest absolute Gasteiger partial charge is 0.494 e. The molecule has 0 saturated heterocycles. The molecule has 0 aliphatic rings. The quantitative estimate of drug-likeness (QED) is 0.541. The molecule has 29 heavy (non-hydrogen) atoms. The Labute approximate surface area is 180 Å². The molecule has 0 fully saturated rings. The summed E-state index contributed by atoms with van der Waals surface area (Å²) in [7, 11) is 0. The maximum Gasteiger partial charge on any atom is 0.256 e. The van der Waals surface area contributed by atoms with Crippen molar-refractivity contribution in [3.63, 3.8) is 0 Å². The molecule has 1 atom stereocenters. The molecule has 2 aromatic carbocycles. The van der Waals surface area contributed by atoms with Crippen molar-refractivity contribution in [1.82, 2.24) is 15.1 Å². The Morgan fingerprint density at radius 3 is 2.52 bits per heavy atom. The minimum atomic E-state index is -0.265. The molecule has 1 unspecified atom stereocenters. The predicted octanol–water partition coefficient (Wildman–Crippen LogP) is 5.44. The van der Waals surface area contributed by atoms with Crippen LogP contribution in [0.5, 0.6) is 5.75 Å². The number of carbonyl (C=O) groups excluding carboxylic acids is 1. The summed E-state index contributed by atoms with van der Waals surface area (Å²) in [6, 6.07) is 14.9. The topological polar surface area (TPSA) is 56.1 Å². The van der Waals surface area contributed by atoms with Gasteiger partial charge in [0.1, 0.15) is 10.9 Å². The number of benzene rings is 2. The number of ether oxygens (including phenoxy) is 1. The van der Waals surface area contributed by atoms with Crippen molar-refractivity contribution in [2.75, 3.05) is 6.61 Å². The van der Waals surface area contributed by atoms with E-state index in [4.69, 9.17) is 27.9 Å². The van der Waals surface area contributed by atoms with Crippen LogP contribution < -0.4 is 10.1 Å². The SMILES string of the molecule is CCOc1ccc(C(C)NC(=O)c2c(C)nn(Cc3ccccc3Cl)c2Cl)cc1. The highest BCUT2D eigenvalue weighted by Crippen LogP contribution is 2.24. The van der Waals surface area contributed by atoms with E-state index in [1.54, 1.807) is 11.6 Å². The second-order valence-electron chi connectivity index (χ2n) is 6.70. The summed E-state index contributed by atoms with van der Waals surface area (Å²) in [5, 5.41) is 8.34. The molecule has 1 N–H and O–H groups in total. The number of carbonyl (C=O) groups is 1. The number of aromatic nitrogens is 2. The van der Waals surface area contributed by atoms with Gasteiger partial charge in [0, 0.05) is 5.02 Å². The third-order valence-corrected chi connectivity index (χ3v) is 5.36. The van der Waals surface area contributed by atoms with Crippen LogP contribution in [0.2, 0.25) is 10.2 Å². The molecule has 0 radical (unpaired) electrons. The summed E-state index contributed by atoms with van der Waals surface area (Å²) >= 11 is 12.7. The van der Waals surface area contributed by atoms with E-state index in [9.17, 15) is 4.79 Å². The number of amides is 1. The van der Waals surface area contributed by atoms with Crippen LogP contribution in [-0.4, -0.2) is 22.3 Å². The van der Waals surface area contributed by atoms with E-state index in [0.29, 0.717) is 34.6 Å². The van der Waals surface area contributed by atoms with Gasteiger partial charge in [0.2, 0.25) is 0 Å². The lowest BCUT2D eigenvalue weighted by molar-refractivity contribution is 0.0939. The Morgan fingerprint density at radius 2 is 1.86 bits per heavy atom. The van der Waals surface area contributed by atoms with Crippen molar-refractivity contribution < 1.29 is 9.53 Å².